The second-order valence-corrected chi connectivity index (χ2v) is 5.62. The second kappa shape index (κ2) is 5.94. The lowest BCUT2D eigenvalue weighted by Crippen LogP contribution is -2.10. The number of hydrogen-bond donors (Lipinski definition) is 2. The van der Waals surface area contributed by atoms with Crippen molar-refractivity contribution in [2.24, 2.45) is 11.7 Å². The van der Waals surface area contributed by atoms with Crippen molar-refractivity contribution in [3.05, 3.63) is 28.7 Å². The summed E-state index contributed by atoms with van der Waals surface area (Å²) in [6, 6.07) is 1.62. The fourth-order valence-corrected chi connectivity index (χ4v) is 2.46. The van der Waals surface area contributed by atoms with Crippen LogP contribution in [-0.4, -0.2) is 16.1 Å². The van der Waals surface area contributed by atoms with Gasteiger partial charge in [-0.2, -0.15) is 0 Å². The van der Waals surface area contributed by atoms with Gasteiger partial charge in [-0.25, -0.2) is 0 Å². The average Bonchev–Trinajstić information content (AvgIpc) is 2.97. The number of aromatic nitrogens is 2. The number of anilines is 1. The van der Waals surface area contributed by atoms with E-state index in [1.54, 1.807) is 6.07 Å². The fourth-order valence-electron chi connectivity index (χ4n) is 1.51. The molecule has 6 nitrogen and oxygen atoms in total. The topological polar surface area (TPSA) is 94.0 Å². The van der Waals surface area contributed by atoms with Crippen LogP contribution in [-0.2, 0) is 13.0 Å². The quantitative estimate of drug-likeness (QED) is 0.874. The minimum absolute atomic E-state index is 0.268. The lowest BCUT2D eigenvalue weighted by atomic mass is 10.1. The highest BCUT2D eigenvalue weighted by molar-refractivity contribution is 7.15. The van der Waals surface area contributed by atoms with Crippen molar-refractivity contribution in [1.29, 1.82) is 0 Å². The summed E-state index contributed by atoms with van der Waals surface area (Å²) in [5.74, 6) is 0.816. The SMILES string of the molecule is CC(C)Cc1nnc(NC(=O)c2coc(CN)c2)s1. The lowest BCUT2D eigenvalue weighted by molar-refractivity contribution is 0.102. The largest absolute Gasteiger partial charge is 0.467 e. The summed E-state index contributed by atoms with van der Waals surface area (Å²) in [6.45, 7) is 4.49. The zero-order valence-electron chi connectivity index (χ0n) is 10.8. The molecule has 0 aromatic carbocycles. The van der Waals surface area contributed by atoms with Gasteiger partial charge in [0.05, 0.1) is 12.1 Å². The molecule has 7 heteroatoms. The van der Waals surface area contributed by atoms with E-state index < -0.39 is 0 Å². The van der Waals surface area contributed by atoms with Gasteiger partial charge >= 0.3 is 0 Å². The van der Waals surface area contributed by atoms with Crippen LogP contribution in [0.5, 0.6) is 0 Å². The molecule has 0 aliphatic heterocycles. The number of amides is 1. The molecular weight excluding hydrogens is 264 g/mol. The summed E-state index contributed by atoms with van der Waals surface area (Å²) in [4.78, 5) is 11.9. The Morgan fingerprint density at radius 3 is 2.95 bits per heavy atom. The Morgan fingerprint density at radius 2 is 2.32 bits per heavy atom. The molecule has 0 unspecified atom stereocenters. The van der Waals surface area contributed by atoms with Crippen molar-refractivity contribution in [2.45, 2.75) is 26.8 Å². The normalized spacial score (nSPS) is 10.9. The average molecular weight is 280 g/mol. The van der Waals surface area contributed by atoms with E-state index in [0.717, 1.165) is 11.4 Å². The minimum atomic E-state index is -0.268. The molecule has 102 valence electrons. The van der Waals surface area contributed by atoms with Crippen LogP contribution in [0.2, 0.25) is 0 Å². The molecule has 1 amide bonds. The zero-order chi connectivity index (χ0) is 13.8. The standard InChI is InChI=1S/C12H16N4O2S/c1-7(2)3-10-15-16-12(19-10)14-11(17)8-4-9(5-13)18-6-8/h4,6-7H,3,5,13H2,1-2H3,(H,14,16,17). The molecule has 0 bridgehead atoms. The van der Waals surface area contributed by atoms with Gasteiger partial charge < -0.3 is 10.2 Å². The van der Waals surface area contributed by atoms with Gasteiger partial charge in [0.2, 0.25) is 5.13 Å². The fraction of sp³-hybridized carbons (Fsp3) is 0.417. The van der Waals surface area contributed by atoms with Crippen LogP contribution >= 0.6 is 11.3 Å². The molecule has 19 heavy (non-hydrogen) atoms. The van der Waals surface area contributed by atoms with Gasteiger partial charge in [-0.05, 0) is 12.0 Å². The smallest absolute Gasteiger partial charge is 0.260 e. The maximum atomic E-state index is 11.9. The van der Waals surface area contributed by atoms with Crippen LogP contribution in [0.15, 0.2) is 16.7 Å². The Morgan fingerprint density at radius 1 is 1.53 bits per heavy atom. The third-order valence-corrected chi connectivity index (χ3v) is 3.25. The van der Waals surface area contributed by atoms with Gasteiger partial charge in [-0.3, -0.25) is 10.1 Å². The first-order valence-corrected chi connectivity index (χ1v) is 6.81. The van der Waals surface area contributed by atoms with Crippen LogP contribution in [0.1, 0.15) is 35.0 Å². The number of carbonyl (C=O) groups is 1. The number of rotatable bonds is 5. The van der Waals surface area contributed by atoms with E-state index in [-0.39, 0.29) is 12.5 Å². The molecule has 0 saturated heterocycles. The van der Waals surface area contributed by atoms with Crippen molar-refractivity contribution in [3.63, 3.8) is 0 Å². The molecule has 3 N–H and O–H groups in total. The molecule has 0 saturated carbocycles. The molecule has 0 spiro atoms. The van der Waals surface area contributed by atoms with Gasteiger partial charge in [-0.15, -0.1) is 10.2 Å². The molecular formula is C12H16N4O2S. The van der Waals surface area contributed by atoms with Crippen molar-refractivity contribution in [1.82, 2.24) is 10.2 Å². The van der Waals surface area contributed by atoms with Crippen LogP contribution < -0.4 is 11.1 Å². The van der Waals surface area contributed by atoms with Gasteiger partial charge in [0.15, 0.2) is 0 Å². The predicted octanol–water partition coefficient (Wildman–Crippen LogP) is 2.04. The van der Waals surface area contributed by atoms with Crippen LogP contribution in [0.25, 0.3) is 0 Å². The molecule has 2 rings (SSSR count). The van der Waals surface area contributed by atoms with Crippen molar-refractivity contribution >= 4 is 22.4 Å². The van der Waals surface area contributed by atoms with Gasteiger partial charge in [-0.1, -0.05) is 25.2 Å². The zero-order valence-corrected chi connectivity index (χ0v) is 11.7. The third kappa shape index (κ3) is 3.62. The van der Waals surface area contributed by atoms with E-state index in [1.165, 1.54) is 17.6 Å². The second-order valence-electron chi connectivity index (χ2n) is 4.56. The Hall–Kier alpha value is -1.73. The number of nitrogens with two attached hydrogens (primary N) is 1. The van der Waals surface area contributed by atoms with Crippen molar-refractivity contribution < 1.29 is 9.21 Å². The maximum Gasteiger partial charge on any atom is 0.260 e. The number of hydrogen-bond acceptors (Lipinski definition) is 6. The van der Waals surface area contributed by atoms with Crippen LogP contribution in [0.4, 0.5) is 5.13 Å². The first kappa shape index (κ1) is 13.7. The van der Waals surface area contributed by atoms with E-state index in [9.17, 15) is 4.79 Å². The maximum absolute atomic E-state index is 11.9. The van der Waals surface area contributed by atoms with Gasteiger partial charge in [0, 0.05) is 6.42 Å². The lowest BCUT2D eigenvalue weighted by Gasteiger charge is -1.98. The summed E-state index contributed by atoms with van der Waals surface area (Å²) < 4.78 is 5.11. The Labute approximate surface area is 115 Å². The Bertz CT molecular complexity index is 562. The first-order valence-electron chi connectivity index (χ1n) is 5.99. The molecule has 2 aromatic heterocycles. The van der Waals surface area contributed by atoms with E-state index in [0.29, 0.717) is 22.4 Å². The molecule has 0 radical (unpaired) electrons. The van der Waals surface area contributed by atoms with Crippen molar-refractivity contribution in [3.8, 4) is 0 Å². The van der Waals surface area contributed by atoms with Crippen LogP contribution in [0, 0.1) is 5.92 Å². The summed E-state index contributed by atoms with van der Waals surface area (Å²) >= 11 is 1.39. The minimum Gasteiger partial charge on any atom is -0.467 e. The van der Waals surface area contributed by atoms with Crippen LogP contribution in [0.3, 0.4) is 0 Å². The molecule has 0 aliphatic carbocycles. The van der Waals surface area contributed by atoms with E-state index >= 15 is 0 Å². The monoisotopic (exact) mass is 280 g/mol. The summed E-state index contributed by atoms with van der Waals surface area (Å²) in [5, 5.41) is 12.1. The summed E-state index contributed by atoms with van der Waals surface area (Å²) in [7, 11) is 0. The molecule has 2 aromatic rings. The number of carbonyl (C=O) groups excluding carboxylic acids is 1. The molecule has 0 fully saturated rings. The molecule has 2 heterocycles. The molecule has 0 atom stereocenters. The summed E-state index contributed by atoms with van der Waals surface area (Å²) in [5.41, 5.74) is 5.85. The number of nitrogens with one attached hydrogen (secondary N) is 1. The van der Waals surface area contributed by atoms with Gasteiger partial charge in [0.1, 0.15) is 17.0 Å². The third-order valence-electron chi connectivity index (χ3n) is 2.39. The van der Waals surface area contributed by atoms with E-state index in [2.05, 4.69) is 29.4 Å². The highest BCUT2D eigenvalue weighted by Crippen LogP contribution is 2.19. The summed E-state index contributed by atoms with van der Waals surface area (Å²) in [6.07, 6.45) is 2.24. The highest BCUT2D eigenvalue weighted by Gasteiger charge is 2.13. The van der Waals surface area contributed by atoms with E-state index in [4.69, 9.17) is 10.2 Å². The highest BCUT2D eigenvalue weighted by atomic mass is 32.1. The van der Waals surface area contributed by atoms with E-state index in [1.807, 2.05) is 0 Å². The predicted molar refractivity (Wildman–Crippen MR) is 73.0 cm³/mol. The number of furan rings is 1. The van der Waals surface area contributed by atoms with Crippen molar-refractivity contribution in [2.75, 3.05) is 5.32 Å². The number of nitrogens with zero attached hydrogens (tertiary/aromatic N) is 2. The Kier molecular flexibility index (Phi) is 4.28. The Balaban J connectivity index is 2.00. The first-order chi connectivity index (χ1) is 9.08. The van der Waals surface area contributed by atoms with Gasteiger partial charge in [0.25, 0.3) is 5.91 Å². The molecule has 0 aliphatic rings.